The molecule has 0 spiro atoms. The number of carbonyl (C=O) groups is 1. The van der Waals surface area contributed by atoms with Gasteiger partial charge in [0.15, 0.2) is 0 Å². The summed E-state index contributed by atoms with van der Waals surface area (Å²) in [5, 5.41) is 5.49. The van der Waals surface area contributed by atoms with E-state index in [9.17, 15) is 18.0 Å². The third-order valence-electron chi connectivity index (χ3n) is 2.06. The van der Waals surface area contributed by atoms with Crippen molar-refractivity contribution in [3.63, 3.8) is 0 Å². The van der Waals surface area contributed by atoms with Gasteiger partial charge >= 0.3 is 6.36 Å². The number of ether oxygens (including phenoxy) is 1. The van der Waals surface area contributed by atoms with Crippen molar-refractivity contribution in [2.24, 2.45) is 0 Å². The number of alkyl halides is 3. The molecule has 0 saturated heterocycles. The maximum Gasteiger partial charge on any atom is 0.573 e. The zero-order chi connectivity index (χ0) is 15.3. The Morgan fingerprint density at radius 3 is 2.55 bits per heavy atom. The number of hydrogen-bond donors (Lipinski definition) is 2. The highest BCUT2D eigenvalue weighted by molar-refractivity contribution is 9.10. The molecular formula is C12H14BrF3N2O2. The van der Waals surface area contributed by atoms with Gasteiger partial charge in [0, 0.05) is 11.7 Å². The predicted octanol–water partition coefficient (Wildman–Crippen LogP) is 3.28. The molecule has 0 fully saturated rings. The molecule has 1 amide bonds. The topological polar surface area (TPSA) is 50.4 Å². The monoisotopic (exact) mass is 354 g/mol. The molecule has 1 aromatic rings. The van der Waals surface area contributed by atoms with E-state index in [0.717, 1.165) is 0 Å². The molecule has 0 aliphatic heterocycles. The van der Waals surface area contributed by atoms with E-state index < -0.39 is 6.36 Å². The summed E-state index contributed by atoms with van der Waals surface area (Å²) in [7, 11) is 0. The lowest BCUT2D eigenvalue weighted by atomic mass is 10.3. The zero-order valence-corrected chi connectivity index (χ0v) is 12.4. The van der Waals surface area contributed by atoms with Crippen LogP contribution in [0, 0.1) is 0 Å². The van der Waals surface area contributed by atoms with E-state index in [0.29, 0.717) is 5.69 Å². The first kappa shape index (κ1) is 16.6. The van der Waals surface area contributed by atoms with E-state index in [4.69, 9.17) is 0 Å². The second-order valence-electron chi connectivity index (χ2n) is 4.27. The van der Waals surface area contributed by atoms with Crippen LogP contribution in [0.5, 0.6) is 5.75 Å². The van der Waals surface area contributed by atoms with Crippen molar-refractivity contribution in [1.82, 2.24) is 5.32 Å². The molecule has 0 aliphatic carbocycles. The third kappa shape index (κ3) is 6.14. The molecule has 0 unspecified atom stereocenters. The maximum absolute atomic E-state index is 12.1. The summed E-state index contributed by atoms with van der Waals surface area (Å²) in [5.74, 6) is -0.540. The maximum atomic E-state index is 12.1. The average molecular weight is 355 g/mol. The van der Waals surface area contributed by atoms with E-state index in [1.54, 1.807) is 0 Å². The molecule has 2 N–H and O–H groups in total. The van der Waals surface area contributed by atoms with Crippen molar-refractivity contribution in [3.8, 4) is 5.75 Å². The molecule has 0 heterocycles. The summed E-state index contributed by atoms with van der Waals surface area (Å²) in [6, 6.07) is 4.00. The second-order valence-corrected chi connectivity index (χ2v) is 5.12. The zero-order valence-electron chi connectivity index (χ0n) is 10.8. The summed E-state index contributed by atoms with van der Waals surface area (Å²) >= 11 is 2.98. The predicted molar refractivity (Wildman–Crippen MR) is 72.6 cm³/mol. The number of anilines is 1. The Balaban J connectivity index is 2.62. The van der Waals surface area contributed by atoms with Crippen LogP contribution in [0.15, 0.2) is 22.7 Å². The van der Waals surface area contributed by atoms with Gasteiger partial charge in [-0.1, -0.05) is 0 Å². The standard InChI is InChI=1S/C12H14BrF3N2O2/c1-7(2)18-11(19)6-17-8-3-4-10(9(13)5-8)20-12(14,15)16/h3-5,7,17H,6H2,1-2H3,(H,18,19). The molecule has 112 valence electrons. The van der Waals surface area contributed by atoms with Gasteiger partial charge in [-0.25, -0.2) is 0 Å². The summed E-state index contributed by atoms with van der Waals surface area (Å²) in [6.07, 6.45) is -4.74. The Morgan fingerprint density at radius 1 is 1.40 bits per heavy atom. The molecule has 8 heteroatoms. The van der Waals surface area contributed by atoms with E-state index in [1.807, 2.05) is 13.8 Å². The van der Waals surface area contributed by atoms with Crippen LogP contribution < -0.4 is 15.4 Å². The van der Waals surface area contributed by atoms with Crippen molar-refractivity contribution in [2.75, 3.05) is 11.9 Å². The lowest BCUT2D eigenvalue weighted by Gasteiger charge is -2.13. The van der Waals surface area contributed by atoms with Gasteiger partial charge in [0.2, 0.25) is 5.91 Å². The number of benzene rings is 1. The fraction of sp³-hybridized carbons (Fsp3) is 0.417. The van der Waals surface area contributed by atoms with Crippen LogP contribution in [0.1, 0.15) is 13.8 Å². The normalized spacial score (nSPS) is 11.3. The molecule has 0 bridgehead atoms. The largest absolute Gasteiger partial charge is 0.573 e. The van der Waals surface area contributed by atoms with E-state index >= 15 is 0 Å². The molecule has 4 nitrogen and oxygen atoms in total. The number of hydrogen-bond acceptors (Lipinski definition) is 3. The highest BCUT2D eigenvalue weighted by atomic mass is 79.9. The summed E-state index contributed by atoms with van der Waals surface area (Å²) < 4.78 is 40.2. The van der Waals surface area contributed by atoms with Crippen LogP contribution in [0.25, 0.3) is 0 Å². The summed E-state index contributed by atoms with van der Waals surface area (Å²) in [5.41, 5.74) is 0.505. The van der Waals surface area contributed by atoms with Gasteiger partial charge in [-0.3, -0.25) is 4.79 Å². The van der Waals surface area contributed by atoms with Gasteiger partial charge < -0.3 is 15.4 Å². The molecule has 0 aromatic heterocycles. The Hall–Kier alpha value is -1.44. The molecule has 0 atom stereocenters. The third-order valence-corrected chi connectivity index (χ3v) is 2.68. The van der Waals surface area contributed by atoms with Crippen LogP contribution >= 0.6 is 15.9 Å². The SMILES string of the molecule is CC(C)NC(=O)CNc1ccc(OC(F)(F)F)c(Br)c1. The first-order valence-electron chi connectivity index (χ1n) is 5.76. The van der Waals surface area contributed by atoms with Crippen LogP contribution in [-0.2, 0) is 4.79 Å². The first-order chi connectivity index (χ1) is 9.17. The molecule has 0 radical (unpaired) electrons. The number of nitrogens with one attached hydrogen (secondary N) is 2. The van der Waals surface area contributed by atoms with Crippen molar-refractivity contribution < 1.29 is 22.7 Å². The molecule has 0 saturated carbocycles. The highest BCUT2D eigenvalue weighted by Gasteiger charge is 2.31. The van der Waals surface area contributed by atoms with E-state index in [2.05, 4.69) is 31.3 Å². The van der Waals surface area contributed by atoms with Crippen molar-refractivity contribution >= 4 is 27.5 Å². The van der Waals surface area contributed by atoms with E-state index in [1.165, 1.54) is 18.2 Å². The fourth-order valence-electron chi connectivity index (χ4n) is 1.37. The number of amides is 1. The molecule has 20 heavy (non-hydrogen) atoms. The van der Waals surface area contributed by atoms with Gasteiger partial charge in [-0.2, -0.15) is 0 Å². The van der Waals surface area contributed by atoms with E-state index in [-0.39, 0.29) is 28.7 Å². The van der Waals surface area contributed by atoms with Crippen LogP contribution in [-0.4, -0.2) is 24.9 Å². The van der Waals surface area contributed by atoms with Crippen molar-refractivity contribution in [2.45, 2.75) is 26.3 Å². The van der Waals surface area contributed by atoms with Gasteiger partial charge in [-0.05, 0) is 48.0 Å². The minimum Gasteiger partial charge on any atom is -0.405 e. The van der Waals surface area contributed by atoms with Gasteiger partial charge in [0.1, 0.15) is 5.75 Å². The van der Waals surface area contributed by atoms with Crippen molar-refractivity contribution in [1.29, 1.82) is 0 Å². The van der Waals surface area contributed by atoms with Crippen LogP contribution in [0.2, 0.25) is 0 Å². The Labute approximate surface area is 122 Å². The Kier molecular flexibility index (Phi) is 5.67. The minimum atomic E-state index is -4.74. The van der Waals surface area contributed by atoms with Crippen LogP contribution in [0.3, 0.4) is 0 Å². The fourth-order valence-corrected chi connectivity index (χ4v) is 1.83. The lowest BCUT2D eigenvalue weighted by Crippen LogP contribution is -2.34. The van der Waals surface area contributed by atoms with Gasteiger partial charge in [0.05, 0.1) is 11.0 Å². The molecule has 1 rings (SSSR count). The molecule has 1 aromatic carbocycles. The second kappa shape index (κ2) is 6.83. The number of rotatable bonds is 5. The van der Waals surface area contributed by atoms with Crippen LogP contribution in [0.4, 0.5) is 18.9 Å². The Morgan fingerprint density at radius 2 is 2.05 bits per heavy atom. The number of halogens is 4. The summed E-state index contributed by atoms with van der Waals surface area (Å²) in [4.78, 5) is 11.4. The average Bonchev–Trinajstić information content (AvgIpc) is 2.27. The van der Waals surface area contributed by atoms with Gasteiger partial charge in [-0.15, -0.1) is 13.2 Å². The molecule has 0 aliphatic rings. The Bertz CT molecular complexity index is 478. The van der Waals surface area contributed by atoms with Gasteiger partial charge in [0.25, 0.3) is 0 Å². The van der Waals surface area contributed by atoms with Crippen molar-refractivity contribution in [3.05, 3.63) is 22.7 Å². The smallest absolute Gasteiger partial charge is 0.405 e. The molecular weight excluding hydrogens is 341 g/mol. The quantitative estimate of drug-likeness (QED) is 0.852. The highest BCUT2D eigenvalue weighted by Crippen LogP contribution is 2.32. The minimum absolute atomic E-state index is 0.0265. The number of carbonyl (C=O) groups excluding carboxylic acids is 1. The summed E-state index contributed by atoms with van der Waals surface area (Å²) in [6.45, 7) is 3.69. The first-order valence-corrected chi connectivity index (χ1v) is 6.55. The lowest BCUT2D eigenvalue weighted by molar-refractivity contribution is -0.274.